The lowest BCUT2D eigenvalue weighted by atomic mass is 10.2. The molecule has 0 amide bonds. The average molecular weight is 262 g/mol. The second-order valence-electron chi connectivity index (χ2n) is 5.83. The Morgan fingerprint density at radius 2 is 2.21 bits per heavy atom. The first-order valence-corrected chi connectivity index (χ1v) is 7.19. The maximum absolute atomic E-state index is 4.53. The molecule has 1 saturated heterocycles. The van der Waals surface area contributed by atoms with E-state index in [4.69, 9.17) is 0 Å². The summed E-state index contributed by atoms with van der Waals surface area (Å²) in [7, 11) is 2.19. The smallest absolute Gasteiger partial charge is 0.128 e. The van der Waals surface area contributed by atoms with Gasteiger partial charge in [-0.25, -0.2) is 4.98 Å². The molecule has 0 bridgehead atoms. The molecule has 4 nitrogen and oxygen atoms in total. The Morgan fingerprint density at radius 1 is 1.42 bits per heavy atom. The topological polar surface area (TPSA) is 31.4 Å². The Hall–Kier alpha value is -1.13. The predicted molar refractivity (Wildman–Crippen MR) is 80.5 cm³/mol. The SMILES string of the molecule is CC(C)NCc1ccnc(N2CCN(C)C(C)C2)c1. The van der Waals surface area contributed by atoms with Crippen molar-refractivity contribution in [3.05, 3.63) is 23.9 Å². The molecule has 1 aliphatic heterocycles. The summed E-state index contributed by atoms with van der Waals surface area (Å²) in [6.45, 7) is 10.8. The van der Waals surface area contributed by atoms with Gasteiger partial charge in [-0.05, 0) is 31.7 Å². The van der Waals surface area contributed by atoms with Gasteiger partial charge >= 0.3 is 0 Å². The first-order valence-electron chi connectivity index (χ1n) is 7.19. The largest absolute Gasteiger partial charge is 0.354 e. The Kier molecular flexibility index (Phi) is 4.77. The van der Waals surface area contributed by atoms with Crippen LogP contribution in [0.2, 0.25) is 0 Å². The zero-order chi connectivity index (χ0) is 13.8. The van der Waals surface area contributed by atoms with Crippen LogP contribution in [0.5, 0.6) is 0 Å². The molecule has 0 aromatic carbocycles. The summed E-state index contributed by atoms with van der Waals surface area (Å²) in [6, 6.07) is 5.42. The third-order valence-electron chi connectivity index (χ3n) is 3.81. The van der Waals surface area contributed by atoms with E-state index in [1.807, 2.05) is 6.20 Å². The highest BCUT2D eigenvalue weighted by Crippen LogP contribution is 2.17. The van der Waals surface area contributed by atoms with Crippen molar-refractivity contribution in [2.24, 2.45) is 0 Å². The Balaban J connectivity index is 2.02. The third-order valence-corrected chi connectivity index (χ3v) is 3.81. The molecule has 1 aromatic rings. The summed E-state index contributed by atoms with van der Waals surface area (Å²) in [5, 5.41) is 3.45. The quantitative estimate of drug-likeness (QED) is 0.895. The Labute approximate surface area is 116 Å². The molecule has 1 atom stereocenters. The highest BCUT2D eigenvalue weighted by atomic mass is 15.3. The van der Waals surface area contributed by atoms with Crippen molar-refractivity contribution in [3.8, 4) is 0 Å². The van der Waals surface area contributed by atoms with Gasteiger partial charge < -0.3 is 15.1 Å². The lowest BCUT2D eigenvalue weighted by Crippen LogP contribution is -2.50. The van der Waals surface area contributed by atoms with Crippen molar-refractivity contribution in [3.63, 3.8) is 0 Å². The summed E-state index contributed by atoms with van der Waals surface area (Å²) in [6.07, 6.45) is 1.93. The predicted octanol–water partition coefficient (Wildman–Crippen LogP) is 1.72. The van der Waals surface area contributed by atoms with Crippen LogP contribution in [-0.2, 0) is 6.54 Å². The first-order chi connectivity index (χ1) is 9.06. The van der Waals surface area contributed by atoms with E-state index in [1.54, 1.807) is 0 Å². The number of nitrogens with one attached hydrogen (secondary N) is 1. The molecular weight excluding hydrogens is 236 g/mol. The molecule has 1 unspecified atom stereocenters. The van der Waals surface area contributed by atoms with Gasteiger partial charge in [0.1, 0.15) is 5.82 Å². The highest BCUT2D eigenvalue weighted by Gasteiger charge is 2.21. The minimum Gasteiger partial charge on any atom is -0.354 e. The summed E-state index contributed by atoms with van der Waals surface area (Å²) in [5.41, 5.74) is 1.31. The summed E-state index contributed by atoms with van der Waals surface area (Å²) in [4.78, 5) is 9.33. The molecule has 2 rings (SSSR count). The van der Waals surface area contributed by atoms with Crippen LogP contribution in [0.3, 0.4) is 0 Å². The lowest BCUT2D eigenvalue weighted by Gasteiger charge is -2.38. The number of likely N-dealkylation sites (N-methyl/N-ethyl adjacent to an activating group) is 1. The van der Waals surface area contributed by atoms with Crippen molar-refractivity contribution < 1.29 is 0 Å². The Bertz CT molecular complexity index is 405. The number of piperazine rings is 1. The highest BCUT2D eigenvalue weighted by molar-refractivity contribution is 5.41. The first kappa shape index (κ1) is 14.3. The molecule has 0 radical (unpaired) electrons. The standard InChI is InChI=1S/C15H26N4/c1-12(2)17-10-14-5-6-16-15(9-14)19-8-7-18(4)13(3)11-19/h5-6,9,12-13,17H,7-8,10-11H2,1-4H3. The third kappa shape index (κ3) is 3.91. The molecule has 19 heavy (non-hydrogen) atoms. The maximum Gasteiger partial charge on any atom is 0.128 e. The van der Waals surface area contributed by atoms with E-state index in [2.05, 4.69) is 60.1 Å². The lowest BCUT2D eigenvalue weighted by molar-refractivity contribution is 0.233. The van der Waals surface area contributed by atoms with Crippen LogP contribution in [0.4, 0.5) is 5.82 Å². The number of pyridine rings is 1. The van der Waals surface area contributed by atoms with Crippen molar-refractivity contribution in [2.45, 2.75) is 39.4 Å². The van der Waals surface area contributed by atoms with Crippen LogP contribution in [0, 0.1) is 0 Å². The van der Waals surface area contributed by atoms with Gasteiger partial charge in [0.05, 0.1) is 0 Å². The molecule has 4 heteroatoms. The van der Waals surface area contributed by atoms with E-state index in [-0.39, 0.29) is 0 Å². The van der Waals surface area contributed by atoms with Gasteiger partial charge in [-0.1, -0.05) is 13.8 Å². The number of hydrogen-bond donors (Lipinski definition) is 1. The molecule has 0 aliphatic carbocycles. The molecule has 0 saturated carbocycles. The van der Waals surface area contributed by atoms with Crippen molar-refractivity contribution in [2.75, 3.05) is 31.6 Å². The minimum absolute atomic E-state index is 0.514. The van der Waals surface area contributed by atoms with Crippen molar-refractivity contribution >= 4 is 5.82 Å². The van der Waals surface area contributed by atoms with Gasteiger partial charge in [-0.3, -0.25) is 0 Å². The van der Waals surface area contributed by atoms with Gasteiger partial charge in [0.25, 0.3) is 0 Å². The fourth-order valence-electron chi connectivity index (χ4n) is 2.32. The molecule has 0 spiro atoms. The van der Waals surface area contributed by atoms with Crippen LogP contribution in [0.15, 0.2) is 18.3 Å². The molecule has 1 aliphatic rings. The molecule has 2 heterocycles. The van der Waals surface area contributed by atoms with Gasteiger partial charge in [0.15, 0.2) is 0 Å². The molecule has 106 valence electrons. The number of anilines is 1. The second kappa shape index (κ2) is 6.35. The summed E-state index contributed by atoms with van der Waals surface area (Å²) < 4.78 is 0. The van der Waals surface area contributed by atoms with E-state index in [9.17, 15) is 0 Å². The average Bonchev–Trinajstić information content (AvgIpc) is 2.40. The zero-order valence-corrected chi connectivity index (χ0v) is 12.6. The second-order valence-corrected chi connectivity index (χ2v) is 5.83. The number of rotatable bonds is 4. The van der Waals surface area contributed by atoms with Gasteiger partial charge in [0.2, 0.25) is 0 Å². The van der Waals surface area contributed by atoms with E-state index < -0.39 is 0 Å². The zero-order valence-electron chi connectivity index (χ0n) is 12.6. The van der Waals surface area contributed by atoms with E-state index in [1.165, 1.54) is 5.56 Å². The van der Waals surface area contributed by atoms with E-state index in [0.717, 1.165) is 32.0 Å². The number of nitrogens with zero attached hydrogens (tertiary/aromatic N) is 3. The van der Waals surface area contributed by atoms with Crippen LogP contribution in [0.25, 0.3) is 0 Å². The van der Waals surface area contributed by atoms with E-state index >= 15 is 0 Å². The van der Waals surface area contributed by atoms with Crippen LogP contribution in [0.1, 0.15) is 26.3 Å². The summed E-state index contributed by atoms with van der Waals surface area (Å²) >= 11 is 0. The van der Waals surface area contributed by atoms with Crippen LogP contribution in [-0.4, -0.2) is 48.6 Å². The minimum atomic E-state index is 0.514. The van der Waals surface area contributed by atoms with Crippen LogP contribution < -0.4 is 10.2 Å². The van der Waals surface area contributed by atoms with Gasteiger partial charge in [-0.15, -0.1) is 0 Å². The summed E-state index contributed by atoms with van der Waals surface area (Å²) in [5.74, 6) is 1.11. The van der Waals surface area contributed by atoms with E-state index in [0.29, 0.717) is 12.1 Å². The molecular formula is C15H26N4. The maximum atomic E-state index is 4.53. The molecule has 1 N–H and O–H groups in total. The molecule has 1 fully saturated rings. The fourth-order valence-corrected chi connectivity index (χ4v) is 2.32. The van der Waals surface area contributed by atoms with Crippen molar-refractivity contribution in [1.29, 1.82) is 0 Å². The number of hydrogen-bond acceptors (Lipinski definition) is 4. The van der Waals surface area contributed by atoms with Crippen molar-refractivity contribution in [1.82, 2.24) is 15.2 Å². The van der Waals surface area contributed by atoms with Gasteiger partial charge in [-0.2, -0.15) is 0 Å². The molecule has 1 aromatic heterocycles. The fraction of sp³-hybridized carbons (Fsp3) is 0.667. The van der Waals surface area contributed by atoms with Crippen LogP contribution >= 0.6 is 0 Å². The van der Waals surface area contributed by atoms with Gasteiger partial charge in [0, 0.05) is 44.5 Å². The Morgan fingerprint density at radius 3 is 2.89 bits per heavy atom. The monoisotopic (exact) mass is 262 g/mol. The number of aromatic nitrogens is 1. The normalized spacial score (nSPS) is 21.1.